The number of benzene rings is 2. The summed E-state index contributed by atoms with van der Waals surface area (Å²) in [6.07, 6.45) is 10.6. The van der Waals surface area contributed by atoms with Crippen LogP contribution in [-0.2, 0) is 56.1 Å². The van der Waals surface area contributed by atoms with Crippen molar-refractivity contribution < 1.29 is 85.5 Å². The molecule has 0 fully saturated rings. The molecule has 2 atom stereocenters. The molecule has 2 aliphatic heterocycles. The monoisotopic (exact) mass is 1470 g/mol. The van der Waals surface area contributed by atoms with Gasteiger partial charge in [-0.25, -0.2) is 18.4 Å². The summed E-state index contributed by atoms with van der Waals surface area (Å²) in [6.45, 7) is 12.1. The van der Waals surface area contributed by atoms with E-state index in [-0.39, 0.29) is 83.6 Å². The minimum absolute atomic E-state index is 0.0150. The number of rotatable bonds is 35. The Morgan fingerprint density at radius 2 is 1.19 bits per heavy atom. The second kappa shape index (κ2) is 31.9. The number of amides is 4. The van der Waals surface area contributed by atoms with Gasteiger partial charge in [0.05, 0.1) is 38.1 Å². The van der Waals surface area contributed by atoms with Crippen molar-refractivity contribution in [2.75, 3.05) is 61.4 Å². The number of hydrogen-bond acceptors (Lipinski definition) is 19. The molecule has 4 aromatic heterocycles. The number of nitrogens with zero attached hydrogens (tertiary/aromatic N) is 4. The van der Waals surface area contributed by atoms with Crippen LogP contribution in [0.2, 0.25) is 0 Å². The smallest absolute Gasteiger partial charge is 0.304 e. The number of aromatic nitrogens is 2. The summed E-state index contributed by atoms with van der Waals surface area (Å²) in [5.41, 5.74) is 2.50. The lowest BCUT2D eigenvalue weighted by molar-refractivity contribution is -0.435. The molecule has 32 heteroatoms. The fraction of sp³-hybridized carbons (Fsp3) is 0.455. The second-order valence-electron chi connectivity index (χ2n) is 24.7. The molecule has 4 amide bonds. The van der Waals surface area contributed by atoms with E-state index in [1.54, 1.807) is 31.2 Å². The summed E-state index contributed by atoms with van der Waals surface area (Å²) in [4.78, 5) is 77.4. The normalized spacial score (nSPS) is 16.9. The Morgan fingerprint density at radius 1 is 0.622 bits per heavy atom. The molecule has 2 aliphatic rings. The van der Waals surface area contributed by atoms with Gasteiger partial charge < -0.3 is 35.8 Å². The molecule has 6 heterocycles. The van der Waals surface area contributed by atoms with Crippen LogP contribution >= 0.6 is 22.7 Å². The van der Waals surface area contributed by atoms with Crippen molar-refractivity contribution in [1.82, 2.24) is 31.2 Å². The Morgan fingerprint density at radius 3 is 1.73 bits per heavy atom. The van der Waals surface area contributed by atoms with Gasteiger partial charge in [-0.2, -0.15) is 29.8 Å². The predicted octanol–water partition coefficient (Wildman–Crippen LogP) is 9.54. The summed E-state index contributed by atoms with van der Waals surface area (Å²) < 4.78 is 145. The van der Waals surface area contributed by atoms with Crippen LogP contribution in [0, 0.1) is 0 Å². The van der Waals surface area contributed by atoms with Gasteiger partial charge in [0.2, 0.25) is 5.69 Å². The summed E-state index contributed by atoms with van der Waals surface area (Å²) in [6, 6.07) is 12.9. The highest BCUT2D eigenvalue weighted by Gasteiger charge is 2.50. The van der Waals surface area contributed by atoms with E-state index < -0.39 is 115 Å². The van der Waals surface area contributed by atoms with Gasteiger partial charge in [0.1, 0.15) is 33.5 Å². The Hall–Kier alpha value is -7.40. The predicted molar refractivity (Wildman–Crippen MR) is 376 cm³/mol. The van der Waals surface area contributed by atoms with Gasteiger partial charge in [-0.15, -0.1) is 22.7 Å². The van der Waals surface area contributed by atoms with Crippen LogP contribution in [0.4, 0.5) is 11.4 Å². The molecule has 6 aromatic rings. The van der Waals surface area contributed by atoms with Crippen LogP contribution in [-0.4, -0.2) is 163 Å². The molecule has 2 unspecified atom stereocenters. The Balaban J connectivity index is 1.35. The number of nitrogens with one attached hydrogen (secondary N) is 4. The number of carbonyl (C=O) groups is 5. The fourth-order valence-corrected chi connectivity index (χ4v) is 17.1. The van der Waals surface area contributed by atoms with E-state index in [0.29, 0.717) is 96.7 Å². The Kier molecular flexibility index (Phi) is 24.8. The van der Waals surface area contributed by atoms with E-state index in [9.17, 15) is 75.9 Å². The first-order valence-corrected chi connectivity index (χ1v) is 40.3. The van der Waals surface area contributed by atoms with Crippen molar-refractivity contribution in [3.8, 4) is 22.3 Å². The third-order valence-corrected chi connectivity index (χ3v) is 23.1. The number of hydrogen-bond donors (Lipinski definition) is 8. The van der Waals surface area contributed by atoms with Crippen molar-refractivity contribution in [3.63, 3.8) is 0 Å². The zero-order valence-corrected chi connectivity index (χ0v) is 60.1. The number of carboxylic acid groups (broad SMARTS) is 1. The van der Waals surface area contributed by atoms with Crippen LogP contribution < -0.4 is 26.2 Å². The molecule has 98 heavy (non-hydrogen) atoms. The Labute approximate surface area is 578 Å². The van der Waals surface area contributed by atoms with Gasteiger partial charge in [-0.05, 0) is 142 Å². The van der Waals surface area contributed by atoms with Crippen LogP contribution in [0.25, 0.3) is 42.4 Å². The highest BCUT2D eigenvalue weighted by atomic mass is 32.3. The zero-order chi connectivity index (χ0) is 71.7. The van der Waals surface area contributed by atoms with Gasteiger partial charge in [-0.3, -0.25) is 37.6 Å². The molecule has 26 nitrogen and oxygen atoms in total. The van der Waals surface area contributed by atoms with Gasteiger partial charge in [0.15, 0.2) is 5.71 Å². The van der Waals surface area contributed by atoms with Gasteiger partial charge >= 0.3 is 16.1 Å². The van der Waals surface area contributed by atoms with Crippen molar-refractivity contribution in [3.05, 3.63) is 112 Å². The molecular weight excluding hydrogens is 1390 g/mol. The van der Waals surface area contributed by atoms with Crippen molar-refractivity contribution in [2.24, 2.45) is 0 Å². The number of fused-ring (bicyclic) bond motifs is 6. The maximum atomic E-state index is 14.0. The molecule has 0 saturated heterocycles. The molecule has 0 spiro atoms. The van der Waals surface area contributed by atoms with E-state index in [1.807, 2.05) is 66.8 Å². The van der Waals surface area contributed by atoms with Crippen molar-refractivity contribution in [1.29, 1.82) is 0 Å². The lowest BCUT2D eigenvalue weighted by atomic mass is 9.74. The van der Waals surface area contributed by atoms with E-state index >= 15 is 0 Å². The highest BCUT2D eigenvalue weighted by Crippen LogP contribution is 2.57. The molecule has 0 radical (unpaired) electrons. The summed E-state index contributed by atoms with van der Waals surface area (Å²) in [5.74, 6) is -5.90. The molecule has 530 valence electrons. The number of carboxylic acids is 1. The number of carbonyl (C=O) groups excluding carboxylic acids is 4. The number of pyridine rings is 2. The van der Waals surface area contributed by atoms with Crippen molar-refractivity contribution >= 4 is 130 Å². The minimum Gasteiger partial charge on any atom is -0.748 e. The topological polar surface area (TPSA) is 406 Å². The van der Waals surface area contributed by atoms with Crippen molar-refractivity contribution in [2.45, 2.75) is 140 Å². The quantitative estimate of drug-likeness (QED) is 0.0104. The first kappa shape index (κ1) is 76.4. The largest absolute Gasteiger partial charge is 0.748 e. The first-order chi connectivity index (χ1) is 46.2. The molecule has 0 bridgehead atoms. The van der Waals surface area contributed by atoms with Gasteiger partial charge in [-0.1, -0.05) is 52.5 Å². The number of thiophene rings is 2. The molecule has 0 saturated carbocycles. The van der Waals surface area contributed by atoms with E-state index in [1.165, 1.54) is 29.5 Å². The van der Waals surface area contributed by atoms with E-state index in [0.717, 1.165) is 40.6 Å². The molecular formula is C66H82N8O18S6. The van der Waals surface area contributed by atoms with E-state index in [2.05, 4.69) is 38.2 Å². The number of allylic oxidation sites excluding steroid dienone is 4. The average molecular weight is 1470 g/mol. The van der Waals surface area contributed by atoms with E-state index in [4.69, 9.17) is 5.11 Å². The van der Waals surface area contributed by atoms with Crippen LogP contribution in [0.15, 0.2) is 82.0 Å². The molecule has 8 rings (SSSR count). The van der Waals surface area contributed by atoms with Crippen LogP contribution in [0.5, 0.6) is 0 Å². The summed E-state index contributed by atoms with van der Waals surface area (Å²) in [7, 11) is -18.8. The standard InChI is InChI=1S/C66H82N8O18S6/c1-7-11-14-25-68-62(78)50-35-41(34-49(71-50)61(77)67-10-4)44-38-47-57(43-22-30-93-59(43)44)74(29-18-32-96(84,85)86)53(65(47,5)23-8-2)19-16-20-54-66(6,24-17-31-95(81,82)83)48-39-45(60-46(58(48)73(54)28-9-3)40-56(94-60)98(90,91)92)42-36-51(63(79)69-26-15-12-13-21-55(75)76)72-52(37-42)64(80)70-27-33-97(87,88)89/h16,19-20,22,30,34-40H,7-15,17-18,21,23-29,31-33H2,1-6H3,(H8-,67,68,69,70,75,76,77,78,79,80,81,82,83,84,85,86,87,88,89,90,91,92). The number of aliphatic carboxylic acids is 1. The third-order valence-electron chi connectivity index (χ3n) is 17.3. The van der Waals surface area contributed by atoms with Crippen LogP contribution in [0.3, 0.4) is 0 Å². The third kappa shape index (κ3) is 18.1. The zero-order valence-electron chi connectivity index (χ0n) is 55.2. The lowest BCUT2D eigenvalue weighted by Gasteiger charge is -2.30. The molecule has 0 aliphatic carbocycles. The molecule has 8 N–H and O–H groups in total. The van der Waals surface area contributed by atoms with Gasteiger partial charge in [0.25, 0.3) is 43.9 Å². The van der Waals surface area contributed by atoms with Gasteiger partial charge in [0, 0.05) is 100.0 Å². The summed E-state index contributed by atoms with van der Waals surface area (Å²) >= 11 is 2.10. The second-order valence-corrected chi connectivity index (χ2v) is 33.0. The fourth-order valence-electron chi connectivity index (χ4n) is 12.9. The number of anilines is 1. The summed E-state index contributed by atoms with van der Waals surface area (Å²) in [5, 5.41) is 22.9. The Bertz CT molecular complexity index is 4660. The lowest BCUT2D eigenvalue weighted by Crippen LogP contribution is -2.32. The average Bonchev–Trinajstić information content (AvgIpc) is 1.55. The maximum absolute atomic E-state index is 14.0. The first-order valence-electron chi connectivity index (χ1n) is 32.3. The highest BCUT2D eigenvalue weighted by molar-refractivity contribution is 7.88. The van der Waals surface area contributed by atoms with Crippen LogP contribution in [0.1, 0.15) is 178 Å². The minimum atomic E-state index is -4.96. The molecule has 2 aromatic carbocycles. The number of unbranched alkanes of at least 4 members (excludes halogenated alkanes) is 4. The maximum Gasteiger partial charge on any atom is 0.304 e. The SMILES string of the molecule is CCCCCNC(=O)c1cc(-c2cc3c(c4ccsc24)[N+](CCCS(=O)(=O)[O-])=C(/C=C/C=C2/N(CCC)c4c(cc(-c5cc(C(=O)NCCCCCC(=O)O)nc(C(=O)NCCS(=O)(=O)O)c5)c5sc(S(=O)(=O)O)cc45)C2(C)CCCS(=O)(=O)O)C3(C)CCC)cc(C(=O)NCC)n1.